The van der Waals surface area contributed by atoms with E-state index in [0.717, 1.165) is 22.5 Å². The Hall–Kier alpha value is -1.84. The van der Waals surface area contributed by atoms with E-state index in [1.54, 1.807) is 21.3 Å². The van der Waals surface area contributed by atoms with Crippen LogP contribution in [0.25, 0.3) is 10.6 Å². The zero-order valence-electron chi connectivity index (χ0n) is 13.9. The molecule has 0 aliphatic carbocycles. The van der Waals surface area contributed by atoms with Crippen molar-refractivity contribution in [3.05, 3.63) is 23.2 Å². The molecule has 0 amide bonds. The summed E-state index contributed by atoms with van der Waals surface area (Å²) in [5.74, 6) is 1.61. The number of hydrogen-bond donors (Lipinski definition) is 0. The maximum absolute atomic E-state index is 11.0. The normalized spacial score (nSPS) is 11.3. The summed E-state index contributed by atoms with van der Waals surface area (Å²) in [4.78, 5) is 4.50. The van der Waals surface area contributed by atoms with Gasteiger partial charge < -0.3 is 14.2 Å². The van der Waals surface area contributed by atoms with Gasteiger partial charge in [0, 0.05) is 17.4 Å². The molecule has 0 fully saturated rings. The van der Waals surface area contributed by atoms with E-state index in [-0.39, 0.29) is 6.61 Å². The lowest BCUT2D eigenvalue weighted by atomic mass is 10.2. The number of benzene rings is 1. The second-order valence-corrected chi connectivity index (χ2v) is 7.34. The molecule has 132 valence electrons. The highest BCUT2D eigenvalue weighted by molar-refractivity contribution is 7.85. The summed E-state index contributed by atoms with van der Waals surface area (Å²) < 4.78 is 42.6. The lowest BCUT2D eigenvalue weighted by molar-refractivity contribution is 0.324. The summed E-state index contributed by atoms with van der Waals surface area (Å²) in [7, 11) is 1.21. The Balaban J connectivity index is 2.23. The summed E-state index contributed by atoms with van der Waals surface area (Å²) in [5.41, 5.74) is 1.58. The molecule has 0 atom stereocenters. The van der Waals surface area contributed by atoms with Crippen molar-refractivity contribution >= 4 is 21.5 Å². The molecule has 0 spiro atoms. The van der Waals surface area contributed by atoms with Crippen molar-refractivity contribution in [1.29, 1.82) is 0 Å². The van der Waals surface area contributed by atoms with Gasteiger partial charge >= 0.3 is 0 Å². The van der Waals surface area contributed by atoms with Crippen LogP contribution in [0.4, 0.5) is 0 Å². The number of rotatable bonds is 8. The van der Waals surface area contributed by atoms with Gasteiger partial charge in [-0.05, 0) is 12.1 Å². The average molecular weight is 373 g/mol. The molecule has 1 heterocycles. The lowest BCUT2D eigenvalue weighted by Gasteiger charge is -2.13. The molecule has 0 aliphatic rings. The molecule has 7 nitrogen and oxygen atoms in total. The predicted molar refractivity (Wildman–Crippen MR) is 91.7 cm³/mol. The Labute approximate surface area is 145 Å². The van der Waals surface area contributed by atoms with E-state index in [9.17, 15) is 8.42 Å². The van der Waals surface area contributed by atoms with Crippen LogP contribution < -0.4 is 14.2 Å². The van der Waals surface area contributed by atoms with Gasteiger partial charge in [0.25, 0.3) is 10.1 Å². The SMILES string of the molecule is COc1cc(-c2nc(CCOS(C)(=O)=O)cs2)cc(OC)c1OC. The molecular weight excluding hydrogens is 354 g/mol. The third-order valence-corrected chi connectivity index (χ3v) is 4.65. The van der Waals surface area contributed by atoms with Crippen LogP contribution in [0.5, 0.6) is 17.2 Å². The molecule has 2 rings (SSSR count). The van der Waals surface area contributed by atoms with Gasteiger partial charge in [0.05, 0.1) is 39.9 Å². The Bertz CT molecular complexity index is 775. The van der Waals surface area contributed by atoms with Gasteiger partial charge in [-0.1, -0.05) is 0 Å². The van der Waals surface area contributed by atoms with E-state index in [2.05, 4.69) is 4.98 Å². The van der Waals surface area contributed by atoms with Gasteiger partial charge in [-0.25, -0.2) is 4.98 Å². The fourth-order valence-electron chi connectivity index (χ4n) is 2.06. The highest BCUT2D eigenvalue weighted by Crippen LogP contribution is 2.41. The van der Waals surface area contributed by atoms with E-state index in [1.165, 1.54) is 11.3 Å². The quantitative estimate of drug-likeness (QED) is 0.657. The monoisotopic (exact) mass is 373 g/mol. The molecule has 0 saturated carbocycles. The molecule has 0 unspecified atom stereocenters. The zero-order valence-corrected chi connectivity index (χ0v) is 15.5. The number of hydrogen-bond acceptors (Lipinski definition) is 8. The first-order valence-electron chi connectivity index (χ1n) is 6.97. The molecule has 0 aliphatic heterocycles. The van der Waals surface area contributed by atoms with Crippen LogP contribution in [0, 0.1) is 0 Å². The lowest BCUT2D eigenvalue weighted by Crippen LogP contribution is -2.06. The maximum atomic E-state index is 11.0. The molecule has 0 radical (unpaired) electrons. The first kappa shape index (κ1) is 18.5. The van der Waals surface area contributed by atoms with Crippen molar-refractivity contribution in [3.63, 3.8) is 0 Å². The summed E-state index contributed by atoms with van der Waals surface area (Å²) in [6.45, 7) is 0.0667. The third-order valence-electron chi connectivity index (χ3n) is 3.12. The highest BCUT2D eigenvalue weighted by atomic mass is 32.2. The van der Waals surface area contributed by atoms with Crippen LogP contribution in [-0.4, -0.2) is 47.6 Å². The number of nitrogens with zero attached hydrogens (tertiary/aromatic N) is 1. The maximum Gasteiger partial charge on any atom is 0.264 e. The second kappa shape index (κ2) is 7.82. The minimum absolute atomic E-state index is 0.0667. The molecule has 24 heavy (non-hydrogen) atoms. The fourth-order valence-corrected chi connectivity index (χ4v) is 3.28. The van der Waals surface area contributed by atoms with Crippen molar-refractivity contribution < 1.29 is 26.8 Å². The van der Waals surface area contributed by atoms with Crippen molar-refractivity contribution in [1.82, 2.24) is 4.98 Å². The van der Waals surface area contributed by atoms with Gasteiger partial charge in [0.1, 0.15) is 5.01 Å². The van der Waals surface area contributed by atoms with E-state index in [1.807, 2.05) is 17.5 Å². The molecular formula is C15H19NO6S2. The van der Waals surface area contributed by atoms with E-state index >= 15 is 0 Å². The number of methoxy groups -OCH3 is 3. The standard InChI is InChI=1S/C15H19NO6S2/c1-19-12-7-10(8-13(20-2)14(12)21-3)15-16-11(9-23-15)5-6-22-24(4,17)18/h7-9H,5-6H2,1-4H3. The number of aromatic nitrogens is 1. The zero-order chi connectivity index (χ0) is 17.7. The summed E-state index contributed by atoms with van der Waals surface area (Å²) >= 11 is 1.44. The van der Waals surface area contributed by atoms with Gasteiger partial charge in [-0.3, -0.25) is 4.18 Å². The van der Waals surface area contributed by atoms with Crippen molar-refractivity contribution in [2.45, 2.75) is 6.42 Å². The smallest absolute Gasteiger partial charge is 0.264 e. The fraction of sp³-hybridized carbons (Fsp3) is 0.400. The number of thiazole rings is 1. The van der Waals surface area contributed by atoms with Crippen molar-refractivity contribution in [2.24, 2.45) is 0 Å². The summed E-state index contributed by atoms with van der Waals surface area (Å²) in [6.07, 6.45) is 1.43. The molecule has 0 saturated heterocycles. The van der Waals surface area contributed by atoms with E-state index in [4.69, 9.17) is 18.4 Å². The first-order chi connectivity index (χ1) is 11.4. The summed E-state index contributed by atoms with van der Waals surface area (Å²) in [6, 6.07) is 3.63. The predicted octanol–water partition coefficient (Wildman–Crippen LogP) is 2.35. The Morgan fingerprint density at radius 1 is 1.08 bits per heavy atom. The minimum Gasteiger partial charge on any atom is -0.493 e. The third kappa shape index (κ3) is 4.59. The van der Waals surface area contributed by atoms with E-state index in [0.29, 0.717) is 23.7 Å². The summed E-state index contributed by atoms with van der Waals surface area (Å²) in [5, 5.41) is 2.63. The molecule has 0 bridgehead atoms. The van der Waals surface area contributed by atoms with Gasteiger partial charge in [0.2, 0.25) is 5.75 Å². The van der Waals surface area contributed by atoms with Crippen molar-refractivity contribution in [3.8, 4) is 27.8 Å². The van der Waals surface area contributed by atoms with E-state index < -0.39 is 10.1 Å². The molecule has 1 aromatic carbocycles. The Morgan fingerprint density at radius 2 is 1.71 bits per heavy atom. The molecule has 2 aromatic rings. The van der Waals surface area contributed by atoms with Crippen LogP contribution in [0.2, 0.25) is 0 Å². The Kier molecular flexibility index (Phi) is 6.03. The van der Waals surface area contributed by atoms with Crippen LogP contribution in [0.1, 0.15) is 5.69 Å². The van der Waals surface area contributed by atoms with Crippen LogP contribution >= 0.6 is 11.3 Å². The first-order valence-corrected chi connectivity index (χ1v) is 9.66. The largest absolute Gasteiger partial charge is 0.493 e. The number of ether oxygens (including phenoxy) is 3. The van der Waals surface area contributed by atoms with Gasteiger partial charge in [0.15, 0.2) is 11.5 Å². The Morgan fingerprint density at radius 3 is 2.21 bits per heavy atom. The van der Waals surface area contributed by atoms with Gasteiger partial charge in [-0.2, -0.15) is 8.42 Å². The topological polar surface area (TPSA) is 84.0 Å². The van der Waals surface area contributed by atoms with Crippen LogP contribution in [0.15, 0.2) is 17.5 Å². The second-order valence-electron chi connectivity index (χ2n) is 4.83. The minimum atomic E-state index is -3.44. The average Bonchev–Trinajstić information content (AvgIpc) is 3.01. The van der Waals surface area contributed by atoms with Gasteiger partial charge in [-0.15, -0.1) is 11.3 Å². The molecule has 1 aromatic heterocycles. The van der Waals surface area contributed by atoms with Crippen LogP contribution in [0.3, 0.4) is 0 Å². The van der Waals surface area contributed by atoms with Crippen LogP contribution in [-0.2, 0) is 20.7 Å². The van der Waals surface area contributed by atoms with Crippen molar-refractivity contribution in [2.75, 3.05) is 34.2 Å². The molecule has 0 N–H and O–H groups in total. The highest BCUT2D eigenvalue weighted by Gasteiger charge is 2.16. The molecule has 9 heteroatoms.